The highest BCUT2D eigenvalue weighted by molar-refractivity contribution is 9.10. The number of nitrogens with zero attached hydrogens (tertiary/aromatic N) is 1. The predicted octanol–water partition coefficient (Wildman–Crippen LogP) is 3.02. The van der Waals surface area contributed by atoms with E-state index in [-0.39, 0.29) is 13.2 Å². The molecule has 16 heavy (non-hydrogen) atoms. The summed E-state index contributed by atoms with van der Waals surface area (Å²) in [7, 11) is 0. The average molecular weight is 303 g/mol. The fraction of sp³-hybridized carbons (Fsp3) is 0.182. The van der Waals surface area contributed by atoms with Crippen LogP contribution in [-0.2, 0) is 0 Å². The highest BCUT2D eigenvalue weighted by atomic mass is 79.9. The Kier molecular flexibility index (Phi) is 3.63. The molecule has 0 unspecified atom stereocenters. The Hall–Kier alpha value is -0.840. The van der Waals surface area contributed by atoms with E-state index in [4.69, 9.17) is 21.4 Å². The quantitative estimate of drug-likeness (QED) is 0.886. The Balaban J connectivity index is 2.55. The van der Waals surface area contributed by atoms with Gasteiger partial charge in [0.25, 0.3) is 0 Å². The average Bonchev–Trinajstić information content (AvgIpc) is 2.29. The second-order valence-corrected chi connectivity index (χ2v) is 4.41. The van der Waals surface area contributed by atoms with E-state index >= 15 is 0 Å². The number of hydrogen-bond acceptors (Lipinski definition) is 3. The first-order chi connectivity index (χ1) is 7.72. The lowest BCUT2D eigenvalue weighted by molar-refractivity contribution is 0.203. The lowest BCUT2D eigenvalue weighted by Gasteiger charge is -2.09. The van der Waals surface area contributed by atoms with Crippen LogP contribution in [0.2, 0.25) is 5.15 Å². The summed E-state index contributed by atoms with van der Waals surface area (Å²) in [4.78, 5) is 4.02. The van der Waals surface area contributed by atoms with Gasteiger partial charge in [-0.05, 0) is 18.2 Å². The fourth-order valence-electron chi connectivity index (χ4n) is 1.43. The molecule has 0 bridgehead atoms. The Morgan fingerprint density at radius 3 is 2.94 bits per heavy atom. The van der Waals surface area contributed by atoms with Crippen LogP contribution in [0.3, 0.4) is 0 Å². The van der Waals surface area contributed by atoms with Crippen molar-refractivity contribution in [2.75, 3.05) is 13.2 Å². The molecule has 2 rings (SSSR count). The number of benzene rings is 1. The van der Waals surface area contributed by atoms with Crippen LogP contribution >= 0.6 is 27.5 Å². The van der Waals surface area contributed by atoms with Gasteiger partial charge < -0.3 is 9.84 Å². The third kappa shape index (κ3) is 2.29. The van der Waals surface area contributed by atoms with Crippen LogP contribution in [0.5, 0.6) is 5.75 Å². The number of aromatic nitrogens is 1. The number of pyridine rings is 1. The first-order valence-electron chi connectivity index (χ1n) is 4.70. The number of aliphatic hydroxyl groups is 1. The second-order valence-electron chi connectivity index (χ2n) is 3.17. The molecule has 5 heteroatoms. The van der Waals surface area contributed by atoms with E-state index < -0.39 is 0 Å². The molecule has 0 amide bonds. The molecule has 84 valence electrons. The lowest BCUT2D eigenvalue weighted by atomic mass is 10.1. The first-order valence-corrected chi connectivity index (χ1v) is 5.87. The van der Waals surface area contributed by atoms with Gasteiger partial charge >= 0.3 is 0 Å². The van der Waals surface area contributed by atoms with Crippen molar-refractivity contribution in [3.05, 3.63) is 34.0 Å². The van der Waals surface area contributed by atoms with Crippen molar-refractivity contribution in [3.8, 4) is 5.75 Å². The van der Waals surface area contributed by atoms with Crippen LogP contribution in [0.15, 0.2) is 28.9 Å². The molecular formula is C11H9BrClNO2. The number of hydrogen-bond donors (Lipinski definition) is 1. The maximum absolute atomic E-state index is 8.73. The number of aliphatic hydroxyl groups excluding tert-OH is 1. The summed E-state index contributed by atoms with van der Waals surface area (Å²) in [5.74, 6) is 0.691. The minimum atomic E-state index is -0.0153. The molecule has 1 aromatic heterocycles. The Labute approximate surface area is 106 Å². The number of halogens is 2. The van der Waals surface area contributed by atoms with E-state index in [2.05, 4.69) is 20.9 Å². The highest BCUT2D eigenvalue weighted by Gasteiger charge is 2.06. The number of rotatable bonds is 3. The van der Waals surface area contributed by atoms with Crippen molar-refractivity contribution in [1.82, 2.24) is 4.98 Å². The zero-order chi connectivity index (χ0) is 11.5. The maximum atomic E-state index is 8.73. The molecule has 1 heterocycles. The highest BCUT2D eigenvalue weighted by Crippen LogP contribution is 2.32. The van der Waals surface area contributed by atoms with Crippen LogP contribution in [-0.4, -0.2) is 23.3 Å². The van der Waals surface area contributed by atoms with Gasteiger partial charge in [-0.25, -0.2) is 4.98 Å². The Morgan fingerprint density at radius 1 is 1.38 bits per heavy atom. The van der Waals surface area contributed by atoms with Crippen molar-refractivity contribution in [2.24, 2.45) is 0 Å². The summed E-state index contributed by atoms with van der Waals surface area (Å²) in [6.45, 7) is 0.248. The standard InChI is InChI=1S/C11H9BrClNO2/c12-9-1-2-10(16-4-3-15)8-6-14-11(13)5-7(8)9/h1-2,5-6,15H,3-4H2. The molecule has 0 atom stereocenters. The topological polar surface area (TPSA) is 42.4 Å². The molecule has 3 nitrogen and oxygen atoms in total. The van der Waals surface area contributed by atoms with Crippen LogP contribution in [0, 0.1) is 0 Å². The molecular weight excluding hydrogens is 293 g/mol. The van der Waals surface area contributed by atoms with Gasteiger partial charge in [-0.15, -0.1) is 0 Å². The van der Waals surface area contributed by atoms with Crippen LogP contribution in [0.1, 0.15) is 0 Å². The molecule has 0 aliphatic heterocycles. The number of ether oxygens (including phenoxy) is 1. The smallest absolute Gasteiger partial charge is 0.129 e. The van der Waals surface area contributed by atoms with E-state index in [1.807, 2.05) is 12.1 Å². The zero-order valence-corrected chi connectivity index (χ0v) is 10.6. The van der Waals surface area contributed by atoms with Crippen molar-refractivity contribution < 1.29 is 9.84 Å². The molecule has 0 saturated heterocycles. The number of fused-ring (bicyclic) bond motifs is 1. The molecule has 1 aromatic carbocycles. The zero-order valence-electron chi connectivity index (χ0n) is 8.28. The fourth-order valence-corrected chi connectivity index (χ4v) is 2.05. The largest absolute Gasteiger partial charge is 0.490 e. The van der Waals surface area contributed by atoms with Crippen molar-refractivity contribution in [2.45, 2.75) is 0 Å². The molecule has 2 aromatic rings. The summed E-state index contributed by atoms with van der Waals surface area (Å²) >= 11 is 9.28. The van der Waals surface area contributed by atoms with Gasteiger partial charge in [0, 0.05) is 21.4 Å². The van der Waals surface area contributed by atoms with Crippen LogP contribution in [0.25, 0.3) is 10.8 Å². The van der Waals surface area contributed by atoms with Gasteiger partial charge in [-0.2, -0.15) is 0 Å². The van der Waals surface area contributed by atoms with E-state index in [1.165, 1.54) is 0 Å². The summed E-state index contributed by atoms with van der Waals surface area (Å²) in [5, 5.41) is 11.0. The molecule has 0 spiro atoms. The van der Waals surface area contributed by atoms with Crippen molar-refractivity contribution in [1.29, 1.82) is 0 Å². The van der Waals surface area contributed by atoms with E-state index in [9.17, 15) is 0 Å². The maximum Gasteiger partial charge on any atom is 0.129 e. The molecule has 0 aliphatic carbocycles. The summed E-state index contributed by atoms with van der Waals surface area (Å²) in [5.41, 5.74) is 0. The van der Waals surface area contributed by atoms with Crippen molar-refractivity contribution in [3.63, 3.8) is 0 Å². The van der Waals surface area contributed by atoms with Crippen LogP contribution < -0.4 is 4.74 Å². The van der Waals surface area contributed by atoms with Gasteiger partial charge in [-0.1, -0.05) is 27.5 Å². The van der Waals surface area contributed by atoms with Gasteiger partial charge in [0.15, 0.2) is 0 Å². The monoisotopic (exact) mass is 301 g/mol. The summed E-state index contributed by atoms with van der Waals surface area (Å²) < 4.78 is 6.34. The van der Waals surface area contributed by atoms with Crippen molar-refractivity contribution >= 4 is 38.3 Å². The first kappa shape index (κ1) is 11.6. The molecule has 0 saturated carbocycles. The second kappa shape index (κ2) is 4.99. The minimum absolute atomic E-state index is 0.0153. The molecule has 0 fully saturated rings. The molecule has 1 N–H and O–H groups in total. The minimum Gasteiger partial charge on any atom is -0.490 e. The molecule has 0 radical (unpaired) electrons. The van der Waals surface area contributed by atoms with E-state index in [1.54, 1.807) is 12.3 Å². The van der Waals surface area contributed by atoms with Gasteiger partial charge in [0.2, 0.25) is 0 Å². The Morgan fingerprint density at radius 2 is 2.19 bits per heavy atom. The Bertz CT molecular complexity index is 519. The predicted molar refractivity (Wildman–Crippen MR) is 67.0 cm³/mol. The normalized spacial score (nSPS) is 10.7. The third-order valence-corrected chi connectivity index (χ3v) is 3.02. The van der Waals surface area contributed by atoms with Gasteiger partial charge in [-0.3, -0.25) is 0 Å². The van der Waals surface area contributed by atoms with E-state index in [0.717, 1.165) is 15.2 Å². The van der Waals surface area contributed by atoms with Gasteiger partial charge in [0.05, 0.1) is 6.61 Å². The summed E-state index contributed by atoms with van der Waals surface area (Å²) in [6.07, 6.45) is 1.66. The SMILES string of the molecule is OCCOc1ccc(Br)c2cc(Cl)ncc12. The summed E-state index contributed by atoms with van der Waals surface area (Å²) in [6, 6.07) is 5.48. The van der Waals surface area contributed by atoms with Gasteiger partial charge in [0.1, 0.15) is 17.5 Å². The van der Waals surface area contributed by atoms with E-state index in [0.29, 0.717) is 10.9 Å². The molecule has 0 aliphatic rings. The third-order valence-electron chi connectivity index (χ3n) is 2.12. The lowest BCUT2D eigenvalue weighted by Crippen LogP contribution is -2.02. The van der Waals surface area contributed by atoms with Crippen LogP contribution in [0.4, 0.5) is 0 Å².